The van der Waals surface area contributed by atoms with Crippen molar-refractivity contribution in [1.29, 1.82) is 0 Å². The topological polar surface area (TPSA) is 113 Å². The lowest BCUT2D eigenvalue weighted by atomic mass is 9.86. The summed E-state index contributed by atoms with van der Waals surface area (Å²) in [7, 11) is -3.79. The molecule has 1 atom stereocenters. The molecule has 0 aliphatic heterocycles. The highest BCUT2D eigenvalue weighted by atomic mass is 32.2. The van der Waals surface area contributed by atoms with E-state index in [1.165, 1.54) is 18.5 Å². The molecule has 0 saturated carbocycles. The monoisotopic (exact) mass is 553 g/mol. The Morgan fingerprint density at radius 1 is 1.08 bits per heavy atom. The fourth-order valence-corrected chi connectivity index (χ4v) is 4.28. The number of aryl methyl sites for hydroxylation is 1. The smallest absolute Gasteiger partial charge is 0.297 e. The van der Waals surface area contributed by atoms with Gasteiger partial charge in [-0.05, 0) is 48.2 Å². The van der Waals surface area contributed by atoms with Gasteiger partial charge >= 0.3 is 0 Å². The standard InChI is InChI=1S/C29H35N3O6S/c1-23-10-12-26(13-11-23)39(34,35)38-18-17-37-16-15-36-14-6-9-24-7-5-8-25(19-24)20-27(28(33)29(2,3)4)32-22-30-21-31-32/h5,7-8,10-13,19-22,28,33H,14-18H2,1-4H3/b27-20+. The van der Waals surface area contributed by atoms with E-state index in [1.54, 1.807) is 23.1 Å². The molecule has 0 fully saturated rings. The average molecular weight is 554 g/mol. The second kappa shape index (κ2) is 14.2. The highest BCUT2D eigenvalue weighted by Gasteiger charge is 2.27. The summed E-state index contributed by atoms with van der Waals surface area (Å²) in [4.78, 5) is 4.12. The summed E-state index contributed by atoms with van der Waals surface area (Å²) in [5, 5.41) is 15.1. The van der Waals surface area contributed by atoms with Crippen molar-refractivity contribution in [2.24, 2.45) is 5.41 Å². The lowest BCUT2D eigenvalue weighted by molar-refractivity contribution is 0.0471. The molecule has 1 N–H and O–H groups in total. The Hall–Kier alpha value is -3.33. The van der Waals surface area contributed by atoms with Gasteiger partial charge in [0.15, 0.2) is 0 Å². The Bertz CT molecular complexity index is 1380. The Kier molecular flexibility index (Phi) is 11.0. The van der Waals surface area contributed by atoms with Crippen molar-refractivity contribution in [1.82, 2.24) is 14.8 Å². The van der Waals surface area contributed by atoms with Crippen molar-refractivity contribution < 1.29 is 27.2 Å². The van der Waals surface area contributed by atoms with Gasteiger partial charge in [-0.1, -0.05) is 62.4 Å². The third kappa shape index (κ3) is 9.73. The number of hydrogen-bond acceptors (Lipinski definition) is 8. The molecule has 1 aromatic heterocycles. The molecular formula is C29H35N3O6S. The second-order valence-corrected chi connectivity index (χ2v) is 11.5. The van der Waals surface area contributed by atoms with Crippen LogP contribution in [0.2, 0.25) is 0 Å². The van der Waals surface area contributed by atoms with Crippen LogP contribution in [-0.4, -0.2) is 67.4 Å². The van der Waals surface area contributed by atoms with E-state index in [2.05, 4.69) is 21.9 Å². The number of nitrogens with zero attached hydrogens (tertiary/aromatic N) is 3. The van der Waals surface area contributed by atoms with Crippen LogP contribution in [0.25, 0.3) is 11.8 Å². The molecule has 3 rings (SSSR count). The molecular weight excluding hydrogens is 518 g/mol. The van der Waals surface area contributed by atoms with E-state index >= 15 is 0 Å². The molecule has 39 heavy (non-hydrogen) atoms. The third-order valence-corrected chi connectivity index (χ3v) is 6.87. The van der Waals surface area contributed by atoms with Crippen molar-refractivity contribution in [3.05, 3.63) is 77.9 Å². The first-order valence-corrected chi connectivity index (χ1v) is 13.9. The average Bonchev–Trinajstić information content (AvgIpc) is 3.43. The Morgan fingerprint density at radius 2 is 1.79 bits per heavy atom. The summed E-state index contributed by atoms with van der Waals surface area (Å²) < 4.78 is 41.7. The molecule has 0 aliphatic rings. The maximum Gasteiger partial charge on any atom is 0.297 e. The Labute approximate surface area is 230 Å². The van der Waals surface area contributed by atoms with Gasteiger partial charge in [-0.2, -0.15) is 13.5 Å². The van der Waals surface area contributed by atoms with Crippen molar-refractivity contribution in [3.8, 4) is 11.8 Å². The summed E-state index contributed by atoms with van der Waals surface area (Å²) in [6.07, 6.45) is 4.11. The summed E-state index contributed by atoms with van der Waals surface area (Å²) in [6.45, 7) is 8.63. The number of aromatic nitrogens is 3. The van der Waals surface area contributed by atoms with Gasteiger partial charge in [0.05, 0.1) is 37.0 Å². The predicted octanol–water partition coefficient (Wildman–Crippen LogP) is 3.78. The third-order valence-electron chi connectivity index (χ3n) is 5.54. The minimum absolute atomic E-state index is 0.0772. The van der Waals surface area contributed by atoms with E-state index in [1.807, 2.05) is 58.0 Å². The van der Waals surface area contributed by atoms with Gasteiger partial charge < -0.3 is 14.6 Å². The number of aliphatic hydroxyl groups excluding tert-OH is 1. The molecule has 3 aromatic rings. The van der Waals surface area contributed by atoms with Crippen LogP contribution in [0.15, 0.2) is 66.1 Å². The Balaban J connectivity index is 1.42. The summed E-state index contributed by atoms with van der Waals surface area (Å²) in [5.74, 6) is 6.04. The Morgan fingerprint density at radius 3 is 2.49 bits per heavy atom. The quantitative estimate of drug-likeness (QED) is 0.205. The van der Waals surface area contributed by atoms with E-state index < -0.39 is 16.2 Å². The maximum absolute atomic E-state index is 12.1. The van der Waals surface area contributed by atoms with Crippen LogP contribution < -0.4 is 0 Å². The largest absolute Gasteiger partial charge is 0.386 e. The summed E-state index contributed by atoms with van der Waals surface area (Å²) in [6, 6.07) is 14.1. The zero-order valence-electron chi connectivity index (χ0n) is 22.7. The second-order valence-electron chi connectivity index (χ2n) is 9.86. The molecule has 9 nitrogen and oxygen atoms in total. The normalized spacial score (nSPS) is 13.1. The van der Waals surface area contributed by atoms with E-state index in [4.69, 9.17) is 13.7 Å². The fourth-order valence-electron chi connectivity index (χ4n) is 3.39. The molecule has 0 aliphatic carbocycles. The van der Waals surface area contributed by atoms with Crippen molar-refractivity contribution in [2.45, 2.75) is 38.7 Å². The van der Waals surface area contributed by atoms with Crippen LogP contribution >= 0.6 is 0 Å². The molecule has 0 radical (unpaired) electrons. The van der Waals surface area contributed by atoms with Crippen LogP contribution in [-0.2, 0) is 23.8 Å². The summed E-state index contributed by atoms with van der Waals surface area (Å²) >= 11 is 0. The van der Waals surface area contributed by atoms with Crippen molar-refractivity contribution >= 4 is 21.9 Å². The molecule has 0 saturated heterocycles. The SMILES string of the molecule is Cc1ccc(S(=O)(=O)OCCOCCOCC#Cc2cccc(/C=C(\C(O)C(C)(C)C)n3cncn3)c2)cc1. The number of rotatable bonds is 12. The lowest BCUT2D eigenvalue weighted by Crippen LogP contribution is -2.29. The van der Waals surface area contributed by atoms with Crippen molar-refractivity contribution in [2.75, 3.05) is 33.0 Å². The molecule has 0 amide bonds. The zero-order chi connectivity index (χ0) is 28.3. The van der Waals surface area contributed by atoms with Gasteiger partial charge in [-0.25, -0.2) is 9.67 Å². The highest BCUT2D eigenvalue weighted by Crippen LogP contribution is 2.28. The first-order chi connectivity index (χ1) is 18.6. The molecule has 208 valence electrons. The van der Waals surface area contributed by atoms with Gasteiger partial charge in [-0.15, -0.1) is 0 Å². The van der Waals surface area contributed by atoms with Gasteiger partial charge in [0, 0.05) is 5.56 Å². The number of benzene rings is 2. The maximum atomic E-state index is 12.1. The highest BCUT2D eigenvalue weighted by molar-refractivity contribution is 7.86. The molecule has 2 aromatic carbocycles. The first kappa shape index (κ1) is 30.2. The first-order valence-electron chi connectivity index (χ1n) is 12.5. The van der Waals surface area contributed by atoms with Crippen molar-refractivity contribution in [3.63, 3.8) is 0 Å². The van der Waals surface area contributed by atoms with Crippen LogP contribution in [0.1, 0.15) is 37.5 Å². The van der Waals surface area contributed by atoms with E-state index in [-0.39, 0.29) is 36.7 Å². The number of aliphatic hydroxyl groups is 1. The molecule has 1 heterocycles. The van der Waals surface area contributed by atoms with Crippen LogP contribution in [0.3, 0.4) is 0 Å². The fraction of sp³-hybridized carbons (Fsp3) is 0.379. The molecule has 0 spiro atoms. The van der Waals surface area contributed by atoms with E-state index in [0.29, 0.717) is 12.3 Å². The molecule has 1 unspecified atom stereocenters. The zero-order valence-corrected chi connectivity index (χ0v) is 23.5. The van der Waals surface area contributed by atoms with Crippen LogP contribution in [0.4, 0.5) is 0 Å². The molecule has 10 heteroatoms. The van der Waals surface area contributed by atoms with E-state index in [9.17, 15) is 13.5 Å². The van der Waals surface area contributed by atoms with E-state index in [0.717, 1.165) is 16.7 Å². The van der Waals surface area contributed by atoms with Gasteiger partial charge in [-0.3, -0.25) is 4.18 Å². The van der Waals surface area contributed by atoms with Gasteiger partial charge in [0.1, 0.15) is 25.4 Å². The summed E-state index contributed by atoms with van der Waals surface area (Å²) in [5.41, 5.74) is 2.88. The van der Waals surface area contributed by atoms with Crippen LogP contribution in [0.5, 0.6) is 0 Å². The van der Waals surface area contributed by atoms with Crippen LogP contribution in [0, 0.1) is 24.2 Å². The number of ether oxygens (including phenoxy) is 2. The minimum atomic E-state index is -3.79. The van der Waals surface area contributed by atoms with Gasteiger partial charge in [0.25, 0.3) is 10.1 Å². The predicted molar refractivity (Wildman–Crippen MR) is 149 cm³/mol. The molecule has 0 bridgehead atoms. The minimum Gasteiger partial charge on any atom is -0.386 e. The van der Waals surface area contributed by atoms with Gasteiger partial charge in [0.2, 0.25) is 0 Å². The number of hydrogen-bond donors (Lipinski definition) is 1. The lowest BCUT2D eigenvalue weighted by Gasteiger charge is -2.28.